The van der Waals surface area contributed by atoms with E-state index >= 15 is 0 Å². The smallest absolute Gasteiger partial charge is 0.220 e. The van der Waals surface area contributed by atoms with Crippen molar-refractivity contribution in [2.45, 2.75) is 12.2 Å². The Balaban J connectivity index is 1.39. The van der Waals surface area contributed by atoms with Crippen LogP contribution in [0.1, 0.15) is 0 Å². The Bertz CT molecular complexity index is 546. The van der Waals surface area contributed by atoms with Gasteiger partial charge in [-0.1, -0.05) is 0 Å². The zero-order valence-corrected chi connectivity index (χ0v) is 9.43. The number of hydrogen-bond donors (Lipinski definition) is 0. The van der Waals surface area contributed by atoms with Gasteiger partial charge in [-0.2, -0.15) is 0 Å². The molecule has 18 heavy (non-hydrogen) atoms. The monoisotopic (exact) mass is 250 g/mol. The van der Waals surface area contributed by atoms with E-state index < -0.39 is 0 Å². The molecule has 1 aromatic rings. The minimum absolute atomic E-state index is 0.204. The van der Waals surface area contributed by atoms with E-state index in [0.717, 1.165) is 30.5 Å². The molecule has 4 heterocycles. The van der Waals surface area contributed by atoms with Gasteiger partial charge < -0.3 is 28.4 Å². The second-order valence-corrected chi connectivity index (χ2v) is 4.71. The summed E-state index contributed by atoms with van der Waals surface area (Å²) >= 11 is 0. The molecule has 2 saturated heterocycles. The number of hydrogen-bond acceptors (Lipinski definition) is 6. The third-order valence-corrected chi connectivity index (χ3v) is 3.24. The van der Waals surface area contributed by atoms with Gasteiger partial charge in [0.15, 0.2) is 0 Å². The number of rotatable bonds is 6. The molecular formula is C12H10O6. The van der Waals surface area contributed by atoms with Crippen LogP contribution in [0.4, 0.5) is 0 Å². The second-order valence-electron chi connectivity index (χ2n) is 4.71. The lowest BCUT2D eigenvalue weighted by molar-refractivity contribution is 0.215. The van der Waals surface area contributed by atoms with Gasteiger partial charge in [0.1, 0.15) is 25.4 Å². The Kier molecular flexibility index (Phi) is 1.56. The Morgan fingerprint density at radius 1 is 0.778 bits per heavy atom. The van der Waals surface area contributed by atoms with E-state index in [-0.39, 0.29) is 12.2 Å². The maximum Gasteiger partial charge on any atom is 0.220 e. The summed E-state index contributed by atoms with van der Waals surface area (Å²) in [5.41, 5.74) is 0. The van der Waals surface area contributed by atoms with Crippen LogP contribution in [0.2, 0.25) is 0 Å². The summed E-state index contributed by atoms with van der Waals surface area (Å²) in [6.45, 7) is 2.61. The summed E-state index contributed by atoms with van der Waals surface area (Å²) in [7, 11) is 0. The molecule has 6 heteroatoms. The summed E-state index contributed by atoms with van der Waals surface area (Å²) in [5.74, 6) is 4.22. The molecule has 6 nitrogen and oxygen atoms in total. The van der Waals surface area contributed by atoms with Crippen molar-refractivity contribution >= 4 is 0 Å². The highest BCUT2D eigenvalue weighted by Crippen LogP contribution is 2.74. The van der Waals surface area contributed by atoms with Gasteiger partial charge in [0.25, 0.3) is 0 Å². The van der Waals surface area contributed by atoms with Gasteiger partial charge in [-0.25, -0.2) is 0 Å². The lowest BCUT2D eigenvalue weighted by atomic mass is 10.2. The SMILES string of the molecule is C(Oc1c2c(OCC3CO3)c3c(c1O2)O3)C1CO1. The van der Waals surface area contributed by atoms with Crippen molar-refractivity contribution in [1.29, 1.82) is 0 Å². The largest absolute Gasteiger partial charge is 0.483 e. The van der Waals surface area contributed by atoms with E-state index in [0.29, 0.717) is 30.5 Å². The zero-order chi connectivity index (χ0) is 11.7. The van der Waals surface area contributed by atoms with Crippen molar-refractivity contribution < 1.29 is 28.4 Å². The van der Waals surface area contributed by atoms with Gasteiger partial charge >= 0.3 is 0 Å². The van der Waals surface area contributed by atoms with Crippen LogP contribution < -0.4 is 18.9 Å². The van der Waals surface area contributed by atoms with Crippen LogP contribution in [0.3, 0.4) is 0 Å². The zero-order valence-electron chi connectivity index (χ0n) is 9.43. The molecule has 2 atom stereocenters. The molecule has 94 valence electrons. The molecule has 4 aliphatic heterocycles. The fourth-order valence-electron chi connectivity index (χ4n) is 1.97. The van der Waals surface area contributed by atoms with E-state index in [4.69, 9.17) is 28.4 Å². The van der Waals surface area contributed by atoms with E-state index in [1.807, 2.05) is 0 Å². The minimum atomic E-state index is 0.204. The van der Waals surface area contributed by atoms with Crippen molar-refractivity contribution in [2.75, 3.05) is 26.4 Å². The van der Waals surface area contributed by atoms with E-state index in [1.54, 1.807) is 0 Å². The maximum absolute atomic E-state index is 5.67. The Hall–Kier alpha value is -1.66. The number of epoxide rings is 2. The van der Waals surface area contributed by atoms with Gasteiger partial charge in [-0.3, -0.25) is 0 Å². The van der Waals surface area contributed by atoms with Gasteiger partial charge in [-0.15, -0.1) is 0 Å². The molecule has 4 aliphatic rings. The van der Waals surface area contributed by atoms with Crippen molar-refractivity contribution in [2.24, 2.45) is 0 Å². The first-order chi connectivity index (χ1) is 8.90. The molecule has 0 amide bonds. The predicted molar refractivity (Wildman–Crippen MR) is 57.1 cm³/mol. The number of fused-ring (bicyclic) bond motifs is 4. The molecular weight excluding hydrogens is 240 g/mol. The Labute approximate surface area is 102 Å². The van der Waals surface area contributed by atoms with Gasteiger partial charge in [0, 0.05) is 0 Å². The standard InChI is InChI=1S/C12H10O6/c1-5(13-1)3-15-7-9-8(16-4-6-2-14-6)11-12(18-11)10(7)17-9/h5-6H,1-4H2. The van der Waals surface area contributed by atoms with Crippen LogP contribution >= 0.6 is 0 Å². The Morgan fingerprint density at radius 3 is 1.78 bits per heavy atom. The lowest BCUT2D eigenvalue weighted by Gasteiger charge is -2.23. The lowest BCUT2D eigenvalue weighted by Crippen LogP contribution is -2.11. The summed E-state index contributed by atoms with van der Waals surface area (Å²) in [5, 5.41) is 0. The second kappa shape index (κ2) is 3.02. The van der Waals surface area contributed by atoms with Crippen LogP contribution in [0.25, 0.3) is 0 Å². The van der Waals surface area contributed by atoms with Gasteiger partial charge in [0.05, 0.1) is 13.2 Å². The van der Waals surface area contributed by atoms with E-state index in [9.17, 15) is 0 Å². The van der Waals surface area contributed by atoms with Crippen LogP contribution in [-0.4, -0.2) is 38.6 Å². The van der Waals surface area contributed by atoms with Crippen LogP contribution in [0, 0.1) is 0 Å². The average Bonchev–Trinajstić information content (AvgIpc) is 3.22. The third-order valence-electron chi connectivity index (χ3n) is 3.24. The summed E-state index contributed by atoms with van der Waals surface area (Å²) < 4.78 is 32.4. The molecule has 0 saturated carbocycles. The minimum Gasteiger partial charge on any atom is -0.483 e. The first-order valence-electron chi connectivity index (χ1n) is 5.98. The normalized spacial score (nSPS) is 27.3. The average molecular weight is 250 g/mol. The van der Waals surface area contributed by atoms with Gasteiger partial charge in [0.2, 0.25) is 34.5 Å². The molecule has 2 fully saturated rings. The van der Waals surface area contributed by atoms with Crippen molar-refractivity contribution in [3.8, 4) is 34.5 Å². The van der Waals surface area contributed by atoms with Crippen molar-refractivity contribution in [3.63, 3.8) is 0 Å². The van der Waals surface area contributed by atoms with Crippen LogP contribution in [-0.2, 0) is 9.47 Å². The summed E-state index contributed by atoms with van der Waals surface area (Å²) in [4.78, 5) is 0. The molecule has 0 spiro atoms. The summed E-state index contributed by atoms with van der Waals surface area (Å²) in [6, 6.07) is 0. The molecule has 1 aromatic carbocycles. The third kappa shape index (κ3) is 1.30. The molecule has 0 aliphatic carbocycles. The van der Waals surface area contributed by atoms with E-state index in [1.165, 1.54) is 0 Å². The van der Waals surface area contributed by atoms with Crippen molar-refractivity contribution in [1.82, 2.24) is 0 Å². The van der Waals surface area contributed by atoms with Gasteiger partial charge in [-0.05, 0) is 0 Å². The quantitative estimate of drug-likeness (QED) is 0.617. The molecule has 2 bridgehead atoms. The topological polar surface area (TPSA) is 65.3 Å². The maximum atomic E-state index is 5.67. The van der Waals surface area contributed by atoms with Crippen LogP contribution in [0.5, 0.6) is 34.5 Å². The predicted octanol–water partition coefficient (Wildman–Crippen LogP) is 1.45. The molecule has 2 unspecified atom stereocenters. The molecule has 0 N–H and O–H groups in total. The molecule has 5 rings (SSSR count). The molecule has 0 aromatic heterocycles. The number of ether oxygens (including phenoxy) is 6. The number of benzene rings is 1. The van der Waals surface area contributed by atoms with E-state index in [2.05, 4.69) is 0 Å². The van der Waals surface area contributed by atoms with Crippen molar-refractivity contribution in [3.05, 3.63) is 0 Å². The van der Waals surface area contributed by atoms with Crippen LogP contribution in [0.15, 0.2) is 0 Å². The highest BCUT2D eigenvalue weighted by molar-refractivity contribution is 5.86. The fraction of sp³-hybridized carbons (Fsp3) is 0.500. The first-order valence-corrected chi connectivity index (χ1v) is 5.98. The Morgan fingerprint density at radius 2 is 1.28 bits per heavy atom. The fourth-order valence-corrected chi connectivity index (χ4v) is 1.97. The highest BCUT2D eigenvalue weighted by atomic mass is 16.7. The first kappa shape index (κ1) is 9.29. The highest BCUT2D eigenvalue weighted by Gasteiger charge is 2.47. The summed E-state index contributed by atoms with van der Waals surface area (Å²) in [6.07, 6.45) is 0.424. The molecule has 0 radical (unpaired) electrons.